The summed E-state index contributed by atoms with van der Waals surface area (Å²) in [7, 11) is 3.27. The smallest absolute Gasteiger partial charge is 0.343 e. The molecule has 2 aromatic carbocycles. The standard InChI is InChI=1S/C23H26N4O4/c1-4-31-23(29)20-14-24-26(2)22(20)25-21(28)16-27(15-17-8-6-5-7-9-17)18-10-12-19(30-3)13-11-18/h5-14H,4,15-16H2,1-3H3,(H,25,28). The summed E-state index contributed by atoms with van der Waals surface area (Å²) in [5.74, 6) is 0.239. The topological polar surface area (TPSA) is 85.7 Å². The molecular weight excluding hydrogens is 396 g/mol. The van der Waals surface area contributed by atoms with Gasteiger partial charge in [0.25, 0.3) is 0 Å². The summed E-state index contributed by atoms with van der Waals surface area (Å²) < 4.78 is 11.7. The first kappa shape index (κ1) is 21.9. The Kier molecular flexibility index (Phi) is 7.26. The summed E-state index contributed by atoms with van der Waals surface area (Å²) in [6, 6.07) is 17.4. The molecule has 0 saturated heterocycles. The number of aromatic nitrogens is 2. The number of nitrogens with one attached hydrogen (secondary N) is 1. The van der Waals surface area contributed by atoms with Crippen molar-refractivity contribution in [3.63, 3.8) is 0 Å². The fraction of sp³-hybridized carbons (Fsp3) is 0.261. The molecule has 0 aliphatic carbocycles. The largest absolute Gasteiger partial charge is 0.497 e. The third kappa shape index (κ3) is 5.63. The molecule has 8 heteroatoms. The highest BCUT2D eigenvalue weighted by Crippen LogP contribution is 2.22. The van der Waals surface area contributed by atoms with E-state index in [1.54, 1.807) is 21.1 Å². The highest BCUT2D eigenvalue weighted by Gasteiger charge is 2.20. The molecule has 0 saturated carbocycles. The summed E-state index contributed by atoms with van der Waals surface area (Å²) in [6.45, 7) is 2.58. The first-order valence-corrected chi connectivity index (χ1v) is 9.93. The molecule has 0 radical (unpaired) electrons. The van der Waals surface area contributed by atoms with Gasteiger partial charge in [0.1, 0.15) is 17.1 Å². The van der Waals surface area contributed by atoms with Crippen molar-refractivity contribution in [3.05, 3.63) is 71.9 Å². The molecule has 0 aliphatic rings. The molecule has 1 heterocycles. The van der Waals surface area contributed by atoms with Gasteiger partial charge in [0, 0.05) is 19.3 Å². The van der Waals surface area contributed by atoms with Gasteiger partial charge in [-0.2, -0.15) is 5.10 Å². The molecule has 0 bridgehead atoms. The van der Waals surface area contributed by atoms with E-state index in [1.165, 1.54) is 10.9 Å². The molecule has 3 rings (SSSR count). The van der Waals surface area contributed by atoms with Gasteiger partial charge in [0.15, 0.2) is 0 Å². The third-order valence-corrected chi connectivity index (χ3v) is 4.68. The quantitative estimate of drug-likeness (QED) is 0.533. The molecule has 0 aliphatic heterocycles. The number of aryl methyl sites for hydroxylation is 1. The second-order valence-corrected chi connectivity index (χ2v) is 6.84. The molecule has 1 N–H and O–H groups in total. The Morgan fingerprint density at radius 2 is 1.81 bits per heavy atom. The molecule has 0 fully saturated rings. The summed E-state index contributed by atoms with van der Waals surface area (Å²) in [5, 5.41) is 6.87. The summed E-state index contributed by atoms with van der Waals surface area (Å²) in [5.41, 5.74) is 2.16. The van der Waals surface area contributed by atoms with Gasteiger partial charge < -0.3 is 19.7 Å². The van der Waals surface area contributed by atoms with E-state index >= 15 is 0 Å². The minimum absolute atomic E-state index is 0.0780. The monoisotopic (exact) mass is 422 g/mol. The minimum atomic E-state index is -0.526. The van der Waals surface area contributed by atoms with Crippen molar-refractivity contribution >= 4 is 23.4 Å². The predicted molar refractivity (Wildman–Crippen MR) is 118 cm³/mol. The van der Waals surface area contributed by atoms with Crippen LogP contribution >= 0.6 is 0 Å². The maximum Gasteiger partial charge on any atom is 0.343 e. The first-order valence-electron chi connectivity index (χ1n) is 9.93. The molecule has 1 amide bonds. The number of carbonyl (C=O) groups is 2. The molecule has 3 aromatic rings. The van der Waals surface area contributed by atoms with Gasteiger partial charge in [-0.25, -0.2) is 4.79 Å². The van der Waals surface area contributed by atoms with E-state index in [1.807, 2.05) is 59.5 Å². The Labute approximate surface area is 181 Å². The van der Waals surface area contributed by atoms with Gasteiger partial charge in [-0.15, -0.1) is 0 Å². The number of rotatable bonds is 9. The maximum absolute atomic E-state index is 12.9. The molecule has 0 unspecified atom stereocenters. The van der Waals surface area contributed by atoms with Crippen LogP contribution in [0.25, 0.3) is 0 Å². The molecule has 162 valence electrons. The van der Waals surface area contributed by atoms with Crippen LogP contribution in [0, 0.1) is 0 Å². The molecule has 0 spiro atoms. The van der Waals surface area contributed by atoms with Gasteiger partial charge in [-0.05, 0) is 36.8 Å². The van der Waals surface area contributed by atoms with Crippen molar-refractivity contribution in [2.75, 3.05) is 30.5 Å². The van der Waals surface area contributed by atoms with Crippen molar-refractivity contribution < 1.29 is 19.1 Å². The van der Waals surface area contributed by atoms with E-state index in [0.717, 1.165) is 17.0 Å². The lowest BCUT2D eigenvalue weighted by Crippen LogP contribution is -2.33. The average Bonchev–Trinajstić information content (AvgIpc) is 3.14. The van der Waals surface area contributed by atoms with E-state index in [-0.39, 0.29) is 24.6 Å². The van der Waals surface area contributed by atoms with Gasteiger partial charge in [0.2, 0.25) is 5.91 Å². The van der Waals surface area contributed by atoms with Crippen molar-refractivity contribution in [2.24, 2.45) is 7.05 Å². The Morgan fingerprint density at radius 3 is 2.45 bits per heavy atom. The number of amides is 1. The fourth-order valence-electron chi connectivity index (χ4n) is 3.12. The third-order valence-electron chi connectivity index (χ3n) is 4.68. The fourth-order valence-corrected chi connectivity index (χ4v) is 3.12. The average molecular weight is 422 g/mol. The van der Waals surface area contributed by atoms with Crippen molar-refractivity contribution in [1.29, 1.82) is 0 Å². The number of carbonyl (C=O) groups excluding carboxylic acids is 2. The van der Waals surface area contributed by atoms with Crippen molar-refractivity contribution in [1.82, 2.24) is 9.78 Å². The highest BCUT2D eigenvalue weighted by atomic mass is 16.5. The lowest BCUT2D eigenvalue weighted by atomic mass is 10.2. The summed E-state index contributed by atoms with van der Waals surface area (Å²) in [6.07, 6.45) is 1.39. The normalized spacial score (nSPS) is 10.4. The molecule has 31 heavy (non-hydrogen) atoms. The lowest BCUT2D eigenvalue weighted by molar-refractivity contribution is -0.115. The number of esters is 1. The van der Waals surface area contributed by atoms with Gasteiger partial charge in [-0.1, -0.05) is 30.3 Å². The number of benzene rings is 2. The molecular formula is C23H26N4O4. The van der Waals surface area contributed by atoms with Crippen LogP contribution in [0.2, 0.25) is 0 Å². The van der Waals surface area contributed by atoms with Gasteiger partial charge in [0.05, 0.1) is 26.5 Å². The van der Waals surface area contributed by atoms with E-state index in [2.05, 4.69) is 10.4 Å². The Bertz CT molecular complexity index is 1020. The maximum atomic E-state index is 12.9. The van der Waals surface area contributed by atoms with Crippen LogP contribution in [0.5, 0.6) is 5.75 Å². The zero-order valence-corrected chi connectivity index (χ0v) is 17.9. The SMILES string of the molecule is CCOC(=O)c1cnn(C)c1NC(=O)CN(Cc1ccccc1)c1ccc(OC)cc1. The number of methoxy groups -OCH3 is 1. The number of ether oxygens (including phenoxy) is 2. The predicted octanol–water partition coefficient (Wildman–Crippen LogP) is 3.25. The Balaban J connectivity index is 1.80. The van der Waals surface area contributed by atoms with E-state index in [0.29, 0.717) is 12.4 Å². The molecule has 1 aromatic heterocycles. The van der Waals surface area contributed by atoms with Crippen LogP contribution in [-0.2, 0) is 23.1 Å². The van der Waals surface area contributed by atoms with Crippen molar-refractivity contribution in [2.45, 2.75) is 13.5 Å². The van der Waals surface area contributed by atoms with E-state index in [9.17, 15) is 9.59 Å². The van der Waals surface area contributed by atoms with Crippen LogP contribution in [-0.4, -0.2) is 41.9 Å². The number of anilines is 2. The van der Waals surface area contributed by atoms with E-state index < -0.39 is 5.97 Å². The number of nitrogens with zero attached hydrogens (tertiary/aromatic N) is 3. The van der Waals surface area contributed by atoms with Crippen LogP contribution in [0.1, 0.15) is 22.8 Å². The van der Waals surface area contributed by atoms with E-state index in [4.69, 9.17) is 9.47 Å². The zero-order chi connectivity index (χ0) is 22.2. The Morgan fingerprint density at radius 1 is 1.10 bits per heavy atom. The molecule has 0 atom stereocenters. The van der Waals surface area contributed by atoms with Gasteiger partial charge >= 0.3 is 5.97 Å². The summed E-state index contributed by atoms with van der Waals surface area (Å²) in [4.78, 5) is 27.0. The molecule has 8 nitrogen and oxygen atoms in total. The minimum Gasteiger partial charge on any atom is -0.497 e. The van der Waals surface area contributed by atoms with Crippen molar-refractivity contribution in [3.8, 4) is 5.75 Å². The van der Waals surface area contributed by atoms with Crippen LogP contribution in [0.3, 0.4) is 0 Å². The Hall–Kier alpha value is -3.81. The van der Waals surface area contributed by atoms with Crippen LogP contribution in [0.15, 0.2) is 60.8 Å². The number of hydrogen-bond donors (Lipinski definition) is 1. The lowest BCUT2D eigenvalue weighted by Gasteiger charge is -2.25. The van der Waals surface area contributed by atoms with Crippen LogP contribution < -0.4 is 15.0 Å². The zero-order valence-electron chi connectivity index (χ0n) is 17.9. The first-order chi connectivity index (χ1) is 15.0. The van der Waals surface area contributed by atoms with Crippen LogP contribution in [0.4, 0.5) is 11.5 Å². The number of hydrogen-bond acceptors (Lipinski definition) is 6. The highest BCUT2D eigenvalue weighted by molar-refractivity contribution is 6.01. The second kappa shape index (κ2) is 10.3. The second-order valence-electron chi connectivity index (χ2n) is 6.84. The van der Waals surface area contributed by atoms with Gasteiger partial charge in [-0.3, -0.25) is 9.48 Å². The summed E-state index contributed by atoms with van der Waals surface area (Å²) >= 11 is 0.